The van der Waals surface area contributed by atoms with Gasteiger partial charge in [0.1, 0.15) is 5.75 Å². The molecule has 0 radical (unpaired) electrons. The van der Waals surface area contributed by atoms with Gasteiger partial charge in [-0.05, 0) is 35.4 Å². The summed E-state index contributed by atoms with van der Waals surface area (Å²) >= 11 is 0. The van der Waals surface area contributed by atoms with Crippen LogP contribution < -0.4 is 0 Å². The number of benzene rings is 2. The first kappa shape index (κ1) is 10.0. The number of rotatable bonds is 1. The van der Waals surface area contributed by atoms with Crippen LogP contribution >= 0.6 is 0 Å². The van der Waals surface area contributed by atoms with E-state index in [9.17, 15) is 5.11 Å². The van der Waals surface area contributed by atoms with E-state index in [1.807, 2.05) is 6.07 Å². The van der Waals surface area contributed by atoms with Gasteiger partial charge in [-0.15, -0.1) is 0 Å². The summed E-state index contributed by atoms with van der Waals surface area (Å²) < 4.78 is 0. The lowest BCUT2D eigenvalue weighted by atomic mass is 9.93. The number of hydrogen-bond donors (Lipinski definition) is 1. The summed E-state index contributed by atoms with van der Waals surface area (Å²) in [5.74, 6) is 0.821. The summed E-state index contributed by atoms with van der Waals surface area (Å²) in [5, 5.41) is 12.1. The van der Waals surface area contributed by atoms with Crippen LogP contribution in [0.5, 0.6) is 5.75 Å². The van der Waals surface area contributed by atoms with Crippen LogP contribution in [0.15, 0.2) is 30.3 Å². The minimum atomic E-state index is 0.389. The Hall–Kier alpha value is -1.50. The molecular weight excluding hydrogens is 184 g/mol. The normalized spacial score (nSPS) is 11.2. The fourth-order valence-corrected chi connectivity index (χ4v) is 2.04. The second kappa shape index (κ2) is 3.58. The molecule has 1 N–H and O–H groups in total. The molecule has 0 aliphatic carbocycles. The van der Waals surface area contributed by atoms with Gasteiger partial charge < -0.3 is 5.11 Å². The van der Waals surface area contributed by atoms with Crippen molar-refractivity contribution >= 4 is 10.8 Å². The van der Waals surface area contributed by atoms with Gasteiger partial charge in [0.15, 0.2) is 0 Å². The van der Waals surface area contributed by atoms with Gasteiger partial charge in [-0.3, -0.25) is 0 Å². The molecular formula is C14H16O. The monoisotopic (exact) mass is 200 g/mol. The van der Waals surface area contributed by atoms with Crippen molar-refractivity contribution in [2.45, 2.75) is 26.7 Å². The van der Waals surface area contributed by atoms with Crippen molar-refractivity contribution < 1.29 is 5.11 Å². The summed E-state index contributed by atoms with van der Waals surface area (Å²) in [4.78, 5) is 0. The van der Waals surface area contributed by atoms with Crippen LogP contribution in [0, 0.1) is 6.92 Å². The molecule has 15 heavy (non-hydrogen) atoms. The number of phenols is 1. The Morgan fingerprint density at radius 3 is 2.47 bits per heavy atom. The Morgan fingerprint density at radius 2 is 1.80 bits per heavy atom. The maximum atomic E-state index is 9.93. The summed E-state index contributed by atoms with van der Waals surface area (Å²) in [7, 11) is 0. The predicted molar refractivity (Wildman–Crippen MR) is 64.4 cm³/mol. The first-order chi connectivity index (χ1) is 7.11. The van der Waals surface area contributed by atoms with Crippen LogP contribution in [0.1, 0.15) is 30.9 Å². The molecule has 0 amide bonds. The lowest BCUT2D eigenvalue weighted by molar-refractivity contribution is 0.481. The summed E-state index contributed by atoms with van der Waals surface area (Å²) in [6.45, 7) is 6.37. The lowest BCUT2D eigenvalue weighted by Crippen LogP contribution is -1.91. The molecule has 1 nitrogen and oxygen atoms in total. The van der Waals surface area contributed by atoms with Crippen molar-refractivity contribution in [2.75, 3.05) is 0 Å². The number of hydrogen-bond acceptors (Lipinski definition) is 1. The zero-order valence-corrected chi connectivity index (χ0v) is 9.41. The predicted octanol–water partition coefficient (Wildman–Crippen LogP) is 3.98. The zero-order valence-electron chi connectivity index (χ0n) is 9.41. The van der Waals surface area contributed by atoms with Gasteiger partial charge in [0, 0.05) is 5.39 Å². The highest BCUT2D eigenvalue weighted by Crippen LogP contribution is 2.33. The molecule has 0 atom stereocenters. The van der Waals surface area contributed by atoms with E-state index >= 15 is 0 Å². The van der Waals surface area contributed by atoms with Gasteiger partial charge in [-0.2, -0.15) is 0 Å². The molecule has 2 aromatic rings. The lowest BCUT2D eigenvalue weighted by Gasteiger charge is -2.13. The number of aryl methyl sites for hydroxylation is 1. The van der Waals surface area contributed by atoms with E-state index in [1.54, 1.807) is 6.07 Å². The molecule has 0 aliphatic rings. The van der Waals surface area contributed by atoms with E-state index in [2.05, 4.69) is 39.0 Å². The number of fused-ring (bicyclic) bond motifs is 1. The molecule has 0 unspecified atom stereocenters. The van der Waals surface area contributed by atoms with Crippen LogP contribution in [0.4, 0.5) is 0 Å². The molecule has 0 saturated heterocycles. The van der Waals surface area contributed by atoms with E-state index in [0.29, 0.717) is 11.7 Å². The van der Waals surface area contributed by atoms with Gasteiger partial charge in [0.25, 0.3) is 0 Å². The zero-order chi connectivity index (χ0) is 11.0. The first-order valence-electron chi connectivity index (χ1n) is 5.32. The van der Waals surface area contributed by atoms with Crippen molar-refractivity contribution in [1.82, 2.24) is 0 Å². The van der Waals surface area contributed by atoms with Crippen molar-refractivity contribution in [3.8, 4) is 5.75 Å². The van der Waals surface area contributed by atoms with Crippen LogP contribution in [0.3, 0.4) is 0 Å². The van der Waals surface area contributed by atoms with Crippen molar-refractivity contribution in [1.29, 1.82) is 0 Å². The molecule has 2 aromatic carbocycles. The minimum Gasteiger partial charge on any atom is -0.507 e. The second-order valence-corrected chi connectivity index (χ2v) is 4.33. The van der Waals surface area contributed by atoms with E-state index in [-0.39, 0.29) is 0 Å². The highest BCUT2D eigenvalue weighted by molar-refractivity contribution is 5.93. The Labute approximate surface area is 90.4 Å². The Kier molecular flexibility index (Phi) is 2.39. The number of aromatic hydroxyl groups is 1. The van der Waals surface area contributed by atoms with Crippen LogP contribution in [0.2, 0.25) is 0 Å². The Balaban J connectivity index is 2.90. The SMILES string of the molecule is Cc1ccc(C(C)C)c2c(O)cccc12. The molecule has 0 bridgehead atoms. The fraction of sp³-hybridized carbons (Fsp3) is 0.286. The van der Waals surface area contributed by atoms with Crippen molar-refractivity contribution in [2.24, 2.45) is 0 Å². The summed E-state index contributed by atoms with van der Waals surface area (Å²) in [6, 6.07) is 9.96. The smallest absolute Gasteiger partial charge is 0.123 e. The second-order valence-electron chi connectivity index (χ2n) is 4.33. The number of phenolic OH excluding ortho intramolecular Hbond substituents is 1. The van der Waals surface area contributed by atoms with Crippen LogP contribution in [-0.2, 0) is 0 Å². The highest BCUT2D eigenvalue weighted by Gasteiger charge is 2.09. The third kappa shape index (κ3) is 1.58. The molecule has 0 saturated carbocycles. The van der Waals surface area contributed by atoms with E-state index in [1.165, 1.54) is 11.1 Å². The summed E-state index contributed by atoms with van der Waals surface area (Å²) in [5.41, 5.74) is 2.43. The van der Waals surface area contributed by atoms with Gasteiger partial charge in [-0.1, -0.05) is 38.1 Å². The maximum absolute atomic E-state index is 9.93. The quantitative estimate of drug-likeness (QED) is 0.738. The highest BCUT2D eigenvalue weighted by atomic mass is 16.3. The molecule has 0 aliphatic heterocycles. The molecule has 0 fully saturated rings. The Bertz CT molecular complexity index is 498. The third-order valence-electron chi connectivity index (χ3n) is 2.89. The van der Waals surface area contributed by atoms with Gasteiger partial charge in [0.2, 0.25) is 0 Å². The largest absolute Gasteiger partial charge is 0.507 e. The fourth-order valence-electron chi connectivity index (χ4n) is 2.04. The van der Waals surface area contributed by atoms with E-state index in [4.69, 9.17) is 0 Å². The molecule has 0 spiro atoms. The van der Waals surface area contributed by atoms with Crippen molar-refractivity contribution in [3.63, 3.8) is 0 Å². The van der Waals surface area contributed by atoms with E-state index < -0.39 is 0 Å². The summed E-state index contributed by atoms with van der Waals surface area (Å²) in [6.07, 6.45) is 0. The average Bonchev–Trinajstić information content (AvgIpc) is 2.19. The van der Waals surface area contributed by atoms with Crippen LogP contribution in [0.25, 0.3) is 10.8 Å². The minimum absolute atomic E-state index is 0.389. The molecule has 0 heterocycles. The van der Waals surface area contributed by atoms with Crippen LogP contribution in [-0.4, -0.2) is 5.11 Å². The molecule has 2 rings (SSSR count). The first-order valence-corrected chi connectivity index (χ1v) is 5.32. The Morgan fingerprint density at radius 1 is 1.07 bits per heavy atom. The maximum Gasteiger partial charge on any atom is 0.123 e. The topological polar surface area (TPSA) is 20.2 Å². The van der Waals surface area contributed by atoms with Gasteiger partial charge in [-0.25, -0.2) is 0 Å². The molecule has 1 heteroatoms. The molecule has 78 valence electrons. The van der Waals surface area contributed by atoms with Crippen molar-refractivity contribution in [3.05, 3.63) is 41.5 Å². The van der Waals surface area contributed by atoms with Gasteiger partial charge in [0.05, 0.1) is 0 Å². The third-order valence-corrected chi connectivity index (χ3v) is 2.89. The van der Waals surface area contributed by atoms with E-state index in [0.717, 1.165) is 10.8 Å². The molecule has 0 aromatic heterocycles. The average molecular weight is 200 g/mol. The van der Waals surface area contributed by atoms with Gasteiger partial charge >= 0.3 is 0 Å². The standard InChI is InChI=1S/C14H16O/c1-9(2)11-8-7-10(3)12-5-4-6-13(15)14(11)12/h4-9,15H,1-3H3.